The third-order valence-corrected chi connectivity index (χ3v) is 6.65. The molecule has 2 rings (SSSR count). The number of rotatable bonds is 2. The first-order chi connectivity index (χ1) is 7.13. The maximum Gasteiger partial charge on any atom is 0.115 e. The van der Waals surface area contributed by atoms with Crippen molar-refractivity contribution in [2.75, 3.05) is 12.3 Å². The summed E-state index contributed by atoms with van der Waals surface area (Å²) in [5, 5.41) is 1.16. The van der Waals surface area contributed by atoms with Crippen LogP contribution in [0.2, 0.25) is 0 Å². The van der Waals surface area contributed by atoms with Gasteiger partial charge in [0.1, 0.15) is 7.14 Å². The standard InChI is InChI=1S/C13H19OP/c1-11(2)12-7-3-4-8-13(12)15(14)9-5-6-10-15/h3-4,7-8,11H,5-6,9-10H2,1-2H3. The monoisotopic (exact) mass is 222 g/mol. The molecule has 0 bridgehead atoms. The van der Waals surface area contributed by atoms with Crippen LogP contribution in [0.3, 0.4) is 0 Å². The van der Waals surface area contributed by atoms with E-state index in [1.165, 1.54) is 5.56 Å². The van der Waals surface area contributed by atoms with Gasteiger partial charge in [-0.25, -0.2) is 0 Å². The zero-order chi connectivity index (χ0) is 10.9. The lowest BCUT2D eigenvalue weighted by molar-refractivity contribution is 0.584. The predicted molar refractivity (Wildman–Crippen MR) is 66.7 cm³/mol. The molecule has 2 heteroatoms. The molecule has 1 nitrogen and oxygen atoms in total. The van der Waals surface area contributed by atoms with Crippen molar-refractivity contribution in [3.63, 3.8) is 0 Å². The molecule has 1 saturated heterocycles. The predicted octanol–water partition coefficient (Wildman–Crippen LogP) is 3.59. The molecule has 0 aromatic heterocycles. The Hall–Kier alpha value is -0.550. The summed E-state index contributed by atoms with van der Waals surface area (Å²) in [6.07, 6.45) is 4.14. The Labute approximate surface area is 92.3 Å². The summed E-state index contributed by atoms with van der Waals surface area (Å²) in [7, 11) is -2.01. The van der Waals surface area contributed by atoms with Gasteiger partial charge < -0.3 is 4.57 Å². The molecule has 82 valence electrons. The van der Waals surface area contributed by atoms with E-state index in [1.807, 2.05) is 6.07 Å². The van der Waals surface area contributed by atoms with Crippen LogP contribution in [0.25, 0.3) is 0 Å². The molecule has 0 aliphatic carbocycles. The first-order valence-corrected chi connectivity index (χ1v) is 7.89. The molecule has 1 aromatic rings. The van der Waals surface area contributed by atoms with Gasteiger partial charge in [-0.15, -0.1) is 0 Å². The molecule has 15 heavy (non-hydrogen) atoms. The zero-order valence-electron chi connectivity index (χ0n) is 9.57. The number of hydrogen-bond donors (Lipinski definition) is 0. The summed E-state index contributed by atoms with van der Waals surface area (Å²) >= 11 is 0. The maximum absolute atomic E-state index is 12.7. The minimum atomic E-state index is -2.01. The van der Waals surface area contributed by atoms with Crippen LogP contribution >= 0.6 is 7.14 Å². The molecule has 0 spiro atoms. The summed E-state index contributed by atoms with van der Waals surface area (Å²) in [4.78, 5) is 0. The highest BCUT2D eigenvalue weighted by Crippen LogP contribution is 2.52. The van der Waals surface area contributed by atoms with Gasteiger partial charge in [-0.2, -0.15) is 0 Å². The fourth-order valence-electron chi connectivity index (χ4n) is 2.43. The van der Waals surface area contributed by atoms with Crippen molar-refractivity contribution in [1.29, 1.82) is 0 Å². The van der Waals surface area contributed by atoms with Crippen LogP contribution in [0.1, 0.15) is 38.2 Å². The van der Waals surface area contributed by atoms with E-state index in [1.54, 1.807) is 0 Å². The van der Waals surface area contributed by atoms with Gasteiger partial charge in [-0.1, -0.05) is 38.1 Å². The molecule has 0 amide bonds. The highest BCUT2D eigenvalue weighted by molar-refractivity contribution is 7.72. The zero-order valence-corrected chi connectivity index (χ0v) is 10.5. The lowest BCUT2D eigenvalue weighted by Gasteiger charge is -2.18. The van der Waals surface area contributed by atoms with E-state index in [0.717, 1.165) is 30.5 Å². The van der Waals surface area contributed by atoms with Crippen molar-refractivity contribution in [2.24, 2.45) is 0 Å². The van der Waals surface area contributed by atoms with E-state index in [4.69, 9.17) is 0 Å². The van der Waals surface area contributed by atoms with E-state index in [0.29, 0.717) is 5.92 Å². The second-order valence-electron chi connectivity index (χ2n) is 4.76. The quantitative estimate of drug-likeness (QED) is 0.699. The van der Waals surface area contributed by atoms with Gasteiger partial charge in [0.15, 0.2) is 0 Å². The number of hydrogen-bond acceptors (Lipinski definition) is 1. The fraction of sp³-hybridized carbons (Fsp3) is 0.538. The summed E-state index contributed by atoms with van der Waals surface area (Å²) in [5.74, 6) is 0.479. The van der Waals surface area contributed by atoms with Gasteiger partial charge in [0, 0.05) is 17.6 Å². The summed E-state index contributed by atoms with van der Waals surface area (Å²) in [6, 6.07) is 8.31. The molecule has 0 radical (unpaired) electrons. The molecule has 0 saturated carbocycles. The third-order valence-electron chi connectivity index (χ3n) is 3.29. The van der Waals surface area contributed by atoms with Crippen LogP contribution in [-0.4, -0.2) is 12.3 Å². The molecule has 1 aliphatic rings. The average Bonchev–Trinajstić information content (AvgIpc) is 2.66. The second kappa shape index (κ2) is 4.14. The first kappa shape index (κ1) is 11.0. The highest BCUT2D eigenvalue weighted by Gasteiger charge is 2.31. The summed E-state index contributed by atoms with van der Waals surface area (Å²) in [5.41, 5.74) is 1.29. The Balaban J connectivity index is 2.47. The van der Waals surface area contributed by atoms with Crippen LogP contribution in [0.4, 0.5) is 0 Å². The summed E-state index contributed by atoms with van der Waals surface area (Å²) in [6.45, 7) is 4.36. The molecule has 1 aromatic carbocycles. The minimum Gasteiger partial charge on any atom is -0.319 e. The SMILES string of the molecule is CC(C)c1ccccc1P1(=O)CCCC1. The van der Waals surface area contributed by atoms with E-state index >= 15 is 0 Å². The Morgan fingerprint density at radius 1 is 1.13 bits per heavy atom. The van der Waals surface area contributed by atoms with Gasteiger partial charge in [0.2, 0.25) is 0 Å². The van der Waals surface area contributed by atoms with Crippen LogP contribution in [0, 0.1) is 0 Å². The molecular formula is C13H19OP. The van der Waals surface area contributed by atoms with E-state index in [9.17, 15) is 4.57 Å². The molecule has 0 unspecified atom stereocenters. The molecule has 0 N–H and O–H groups in total. The van der Waals surface area contributed by atoms with Gasteiger partial charge >= 0.3 is 0 Å². The topological polar surface area (TPSA) is 17.1 Å². The fourth-order valence-corrected chi connectivity index (χ4v) is 5.77. The first-order valence-electron chi connectivity index (χ1n) is 5.81. The van der Waals surface area contributed by atoms with E-state index in [2.05, 4.69) is 32.0 Å². The van der Waals surface area contributed by atoms with Crippen molar-refractivity contribution in [3.8, 4) is 0 Å². The molecular weight excluding hydrogens is 203 g/mol. The van der Waals surface area contributed by atoms with E-state index in [-0.39, 0.29) is 0 Å². The highest BCUT2D eigenvalue weighted by atomic mass is 31.2. The average molecular weight is 222 g/mol. The molecule has 0 atom stereocenters. The van der Waals surface area contributed by atoms with Gasteiger partial charge in [-0.3, -0.25) is 0 Å². The second-order valence-corrected chi connectivity index (χ2v) is 7.91. The summed E-state index contributed by atoms with van der Waals surface area (Å²) < 4.78 is 12.7. The van der Waals surface area contributed by atoms with Gasteiger partial charge in [0.05, 0.1) is 0 Å². The molecule has 1 heterocycles. The van der Waals surface area contributed by atoms with Crippen molar-refractivity contribution >= 4 is 12.4 Å². The Kier molecular flexibility index (Phi) is 3.02. The van der Waals surface area contributed by atoms with Crippen molar-refractivity contribution in [2.45, 2.75) is 32.6 Å². The lowest BCUT2D eigenvalue weighted by Crippen LogP contribution is -2.13. The van der Waals surface area contributed by atoms with Crippen LogP contribution in [0.15, 0.2) is 24.3 Å². The Morgan fingerprint density at radius 2 is 1.73 bits per heavy atom. The normalized spacial score (nSPS) is 19.7. The Bertz CT molecular complexity index is 385. The minimum absolute atomic E-state index is 0.479. The number of benzene rings is 1. The lowest BCUT2D eigenvalue weighted by atomic mass is 10.0. The van der Waals surface area contributed by atoms with Crippen LogP contribution in [0.5, 0.6) is 0 Å². The van der Waals surface area contributed by atoms with Crippen LogP contribution < -0.4 is 5.30 Å². The van der Waals surface area contributed by atoms with Crippen LogP contribution in [-0.2, 0) is 4.57 Å². The Morgan fingerprint density at radius 3 is 2.33 bits per heavy atom. The van der Waals surface area contributed by atoms with Crippen molar-refractivity contribution in [3.05, 3.63) is 29.8 Å². The third kappa shape index (κ3) is 2.03. The van der Waals surface area contributed by atoms with Crippen molar-refractivity contribution < 1.29 is 4.57 Å². The van der Waals surface area contributed by atoms with E-state index < -0.39 is 7.14 Å². The maximum atomic E-state index is 12.7. The molecule has 1 aliphatic heterocycles. The smallest absolute Gasteiger partial charge is 0.115 e. The molecule has 1 fully saturated rings. The van der Waals surface area contributed by atoms with Gasteiger partial charge in [0.25, 0.3) is 0 Å². The van der Waals surface area contributed by atoms with Gasteiger partial charge in [-0.05, 0) is 24.3 Å². The largest absolute Gasteiger partial charge is 0.319 e. The van der Waals surface area contributed by atoms with Crippen molar-refractivity contribution in [1.82, 2.24) is 0 Å².